The summed E-state index contributed by atoms with van der Waals surface area (Å²) in [5.74, 6) is -1.83. The second-order valence-corrected chi connectivity index (χ2v) is 4.95. The van der Waals surface area contributed by atoms with E-state index in [1.807, 2.05) is 0 Å². The van der Waals surface area contributed by atoms with Gasteiger partial charge in [0.2, 0.25) is 5.91 Å². The molecule has 1 heterocycles. The van der Waals surface area contributed by atoms with Crippen molar-refractivity contribution in [2.24, 2.45) is 5.73 Å². The van der Waals surface area contributed by atoms with Crippen LogP contribution in [0.4, 0.5) is 9.80 Å². The van der Waals surface area contributed by atoms with E-state index in [1.54, 1.807) is 0 Å². The molecule has 0 aromatic carbocycles. The van der Waals surface area contributed by atoms with Gasteiger partial charge in [-0.1, -0.05) is 0 Å². The van der Waals surface area contributed by atoms with Crippen LogP contribution in [0.1, 0.15) is 24.2 Å². The van der Waals surface area contributed by atoms with E-state index in [0.717, 1.165) is 11.3 Å². The van der Waals surface area contributed by atoms with Crippen molar-refractivity contribution in [1.29, 1.82) is 0 Å². The van der Waals surface area contributed by atoms with Gasteiger partial charge in [-0.2, -0.15) is 0 Å². The molecule has 1 aromatic heterocycles. The maximum Gasteiger partial charge on any atom is 0.338 e. The van der Waals surface area contributed by atoms with Gasteiger partial charge in [0.15, 0.2) is 0 Å². The molecule has 8 heteroatoms. The minimum absolute atomic E-state index is 0.00738. The number of amides is 3. The Morgan fingerprint density at radius 1 is 1.39 bits per heavy atom. The fraction of sp³-hybridized carbons (Fsp3) is 0.300. The van der Waals surface area contributed by atoms with Gasteiger partial charge in [0.25, 0.3) is 0 Å². The topological polar surface area (TPSA) is 122 Å². The number of nitrogens with one attached hydrogen (secondary N) is 2. The summed E-state index contributed by atoms with van der Waals surface area (Å²) in [6.45, 7) is 2.89. The van der Waals surface area contributed by atoms with Crippen LogP contribution in [0.5, 0.6) is 0 Å². The lowest BCUT2D eigenvalue weighted by atomic mass is 10.1. The summed E-state index contributed by atoms with van der Waals surface area (Å²) in [6.07, 6.45) is 0. The summed E-state index contributed by atoms with van der Waals surface area (Å²) in [5, 5.41) is 15.3. The van der Waals surface area contributed by atoms with E-state index in [9.17, 15) is 14.4 Å². The quantitative estimate of drug-likeness (QED) is 0.648. The Bertz CT molecular complexity index is 495. The number of urea groups is 1. The van der Waals surface area contributed by atoms with E-state index < -0.39 is 23.4 Å². The highest BCUT2D eigenvalue weighted by atomic mass is 32.1. The van der Waals surface area contributed by atoms with E-state index in [4.69, 9.17) is 10.8 Å². The van der Waals surface area contributed by atoms with Crippen LogP contribution in [0.15, 0.2) is 11.4 Å². The van der Waals surface area contributed by atoms with E-state index in [2.05, 4.69) is 10.6 Å². The molecule has 0 aliphatic heterocycles. The number of carbonyl (C=O) groups is 3. The average molecular weight is 271 g/mol. The molecule has 0 radical (unpaired) electrons. The van der Waals surface area contributed by atoms with Gasteiger partial charge in [-0.05, 0) is 25.3 Å². The molecule has 0 saturated carbocycles. The van der Waals surface area contributed by atoms with Gasteiger partial charge < -0.3 is 16.2 Å². The van der Waals surface area contributed by atoms with Crippen LogP contribution in [0, 0.1) is 0 Å². The molecule has 5 N–H and O–H groups in total. The zero-order chi connectivity index (χ0) is 13.9. The van der Waals surface area contributed by atoms with Crippen molar-refractivity contribution in [2.45, 2.75) is 19.4 Å². The number of primary amides is 1. The largest absolute Gasteiger partial charge is 0.478 e. The van der Waals surface area contributed by atoms with E-state index in [0.29, 0.717) is 0 Å². The number of thiophene rings is 1. The number of anilines is 1. The van der Waals surface area contributed by atoms with Crippen molar-refractivity contribution in [2.75, 3.05) is 5.32 Å². The highest BCUT2D eigenvalue weighted by Crippen LogP contribution is 2.23. The number of nitrogens with two attached hydrogens (primary N) is 1. The standard InChI is InChI=1S/C10H13N3O4S/c1-10(2,8(11)16)13-9(17)12-6-5(7(14)15)3-4-18-6/h3-4H,1-2H3,(H2,11,16)(H,14,15)(H2,12,13,17). The molecule has 0 spiro atoms. The summed E-state index contributed by atoms with van der Waals surface area (Å²) >= 11 is 1.07. The van der Waals surface area contributed by atoms with Crippen molar-refractivity contribution in [3.8, 4) is 0 Å². The van der Waals surface area contributed by atoms with Gasteiger partial charge in [-0.3, -0.25) is 10.1 Å². The first kappa shape index (κ1) is 14.0. The minimum atomic E-state index is -1.22. The molecular formula is C10H13N3O4S. The van der Waals surface area contributed by atoms with Crippen LogP contribution in [-0.2, 0) is 4.79 Å². The first-order chi connectivity index (χ1) is 8.24. The number of rotatable bonds is 4. The maximum absolute atomic E-state index is 11.6. The molecule has 1 rings (SSSR count). The number of carbonyl (C=O) groups excluding carboxylic acids is 2. The molecule has 7 nitrogen and oxygen atoms in total. The molecule has 3 amide bonds. The van der Waals surface area contributed by atoms with Crippen LogP contribution in [0.25, 0.3) is 0 Å². The fourth-order valence-electron chi connectivity index (χ4n) is 1.05. The third-order valence-electron chi connectivity index (χ3n) is 2.16. The molecular weight excluding hydrogens is 258 g/mol. The second-order valence-electron chi connectivity index (χ2n) is 4.04. The van der Waals surface area contributed by atoms with Crippen molar-refractivity contribution >= 4 is 34.2 Å². The van der Waals surface area contributed by atoms with Gasteiger partial charge in [-0.25, -0.2) is 9.59 Å². The number of hydrogen-bond donors (Lipinski definition) is 4. The van der Waals surface area contributed by atoms with Gasteiger partial charge in [-0.15, -0.1) is 11.3 Å². The molecule has 98 valence electrons. The van der Waals surface area contributed by atoms with Crippen LogP contribution in [0.3, 0.4) is 0 Å². The zero-order valence-corrected chi connectivity index (χ0v) is 10.6. The second kappa shape index (κ2) is 5.05. The van der Waals surface area contributed by atoms with Crippen LogP contribution >= 0.6 is 11.3 Å². The fourth-order valence-corrected chi connectivity index (χ4v) is 1.83. The van der Waals surface area contributed by atoms with Gasteiger partial charge in [0, 0.05) is 0 Å². The summed E-state index contributed by atoms with van der Waals surface area (Å²) in [7, 11) is 0. The van der Waals surface area contributed by atoms with E-state index >= 15 is 0 Å². The highest BCUT2D eigenvalue weighted by molar-refractivity contribution is 7.14. The molecule has 0 atom stereocenters. The normalized spacial score (nSPS) is 10.8. The minimum Gasteiger partial charge on any atom is -0.478 e. The molecule has 0 aliphatic carbocycles. The Kier molecular flexibility index (Phi) is 3.92. The molecule has 0 bridgehead atoms. The van der Waals surface area contributed by atoms with Crippen molar-refractivity contribution in [1.82, 2.24) is 5.32 Å². The summed E-state index contributed by atoms with van der Waals surface area (Å²) < 4.78 is 0. The smallest absolute Gasteiger partial charge is 0.338 e. The first-order valence-electron chi connectivity index (χ1n) is 4.94. The lowest BCUT2D eigenvalue weighted by Gasteiger charge is -2.22. The summed E-state index contributed by atoms with van der Waals surface area (Å²) in [5.41, 5.74) is 3.87. The SMILES string of the molecule is CC(C)(NC(=O)Nc1sccc1C(=O)O)C(N)=O. The number of carboxylic acid groups (broad SMARTS) is 1. The van der Waals surface area contributed by atoms with Crippen molar-refractivity contribution in [3.05, 3.63) is 17.0 Å². The molecule has 18 heavy (non-hydrogen) atoms. The van der Waals surface area contributed by atoms with E-state index in [-0.39, 0.29) is 10.6 Å². The van der Waals surface area contributed by atoms with Gasteiger partial charge in [0.05, 0.1) is 5.56 Å². The lowest BCUT2D eigenvalue weighted by Crippen LogP contribution is -2.54. The number of carboxylic acids is 1. The molecule has 0 unspecified atom stereocenters. The van der Waals surface area contributed by atoms with E-state index in [1.165, 1.54) is 25.3 Å². The molecule has 0 fully saturated rings. The molecule has 1 aromatic rings. The predicted octanol–water partition coefficient (Wildman–Crippen LogP) is 0.832. The Morgan fingerprint density at radius 2 is 2.00 bits per heavy atom. The Morgan fingerprint density at radius 3 is 2.50 bits per heavy atom. The Hall–Kier alpha value is -2.09. The van der Waals surface area contributed by atoms with Gasteiger partial charge in [0.1, 0.15) is 10.5 Å². The van der Waals surface area contributed by atoms with Crippen LogP contribution in [0.2, 0.25) is 0 Å². The first-order valence-corrected chi connectivity index (χ1v) is 5.82. The monoisotopic (exact) mass is 271 g/mol. The van der Waals surface area contributed by atoms with Crippen molar-refractivity contribution in [3.63, 3.8) is 0 Å². The maximum atomic E-state index is 11.6. The Labute approximate surface area is 107 Å². The number of hydrogen-bond acceptors (Lipinski definition) is 4. The van der Waals surface area contributed by atoms with Crippen molar-refractivity contribution < 1.29 is 19.5 Å². The Balaban J connectivity index is 2.74. The third-order valence-corrected chi connectivity index (χ3v) is 2.99. The summed E-state index contributed by atoms with van der Waals surface area (Å²) in [6, 6.07) is 0.686. The number of aromatic carboxylic acids is 1. The average Bonchev–Trinajstić information content (AvgIpc) is 2.64. The molecule has 0 saturated heterocycles. The third kappa shape index (κ3) is 3.20. The van der Waals surface area contributed by atoms with Gasteiger partial charge >= 0.3 is 12.0 Å². The highest BCUT2D eigenvalue weighted by Gasteiger charge is 2.27. The van der Waals surface area contributed by atoms with Crippen LogP contribution in [-0.4, -0.2) is 28.6 Å². The molecule has 0 aliphatic rings. The zero-order valence-electron chi connectivity index (χ0n) is 9.81. The van der Waals surface area contributed by atoms with Crippen LogP contribution < -0.4 is 16.4 Å². The lowest BCUT2D eigenvalue weighted by molar-refractivity contribution is -0.122. The predicted molar refractivity (Wildman–Crippen MR) is 66.7 cm³/mol. The summed E-state index contributed by atoms with van der Waals surface area (Å²) in [4.78, 5) is 33.4.